The molecule has 0 bridgehead atoms. The zero-order chi connectivity index (χ0) is 27.5. The number of fused-ring (bicyclic) bond motifs is 1. The molecule has 0 aromatic heterocycles. The molecular formula is C35H27N3O2. The van der Waals surface area contributed by atoms with Crippen LogP contribution in [0.2, 0.25) is 0 Å². The van der Waals surface area contributed by atoms with E-state index in [9.17, 15) is 10.1 Å². The number of hydrogen-bond donors (Lipinski definition) is 0. The molecule has 6 aromatic carbocycles. The molecule has 0 heterocycles. The van der Waals surface area contributed by atoms with Crippen molar-refractivity contribution in [2.24, 2.45) is 0 Å². The van der Waals surface area contributed by atoms with Crippen LogP contribution in [0.25, 0.3) is 21.9 Å². The molecule has 0 saturated carbocycles. The third-order valence-electron chi connectivity index (χ3n) is 7.16. The highest BCUT2D eigenvalue weighted by molar-refractivity contribution is 5.99. The molecule has 0 saturated heterocycles. The predicted octanol–water partition coefficient (Wildman–Crippen LogP) is 9.65. The van der Waals surface area contributed by atoms with Crippen molar-refractivity contribution in [2.75, 3.05) is 16.8 Å². The van der Waals surface area contributed by atoms with E-state index in [2.05, 4.69) is 108 Å². The van der Waals surface area contributed by atoms with Crippen LogP contribution in [0, 0.1) is 10.1 Å². The molecule has 0 radical (unpaired) electrons. The Morgan fingerprint density at radius 3 is 1.85 bits per heavy atom. The second kappa shape index (κ2) is 10.8. The summed E-state index contributed by atoms with van der Waals surface area (Å²) in [5.41, 5.74) is 7.25. The maximum absolute atomic E-state index is 11.3. The van der Waals surface area contributed by atoms with Gasteiger partial charge in [0.05, 0.1) is 10.6 Å². The summed E-state index contributed by atoms with van der Waals surface area (Å²) in [4.78, 5) is 15.1. The topological polar surface area (TPSA) is 49.6 Å². The number of nitro benzene ring substituents is 1. The third-order valence-corrected chi connectivity index (χ3v) is 7.16. The van der Waals surface area contributed by atoms with E-state index in [4.69, 9.17) is 0 Å². The highest BCUT2D eigenvalue weighted by Gasteiger charge is 2.16. The summed E-state index contributed by atoms with van der Waals surface area (Å²) in [5, 5.41) is 13.6. The Hall–Kier alpha value is -5.42. The zero-order valence-corrected chi connectivity index (χ0v) is 22.0. The minimum Gasteiger partial charge on any atom is -0.344 e. The fraction of sp³-hybridized carbons (Fsp3) is 0.0286. The summed E-state index contributed by atoms with van der Waals surface area (Å²) in [5.74, 6) is 0. The van der Waals surface area contributed by atoms with Gasteiger partial charge in [-0.3, -0.25) is 10.1 Å². The molecule has 194 valence electrons. The summed E-state index contributed by atoms with van der Waals surface area (Å²) in [7, 11) is 1.92. The normalized spacial score (nSPS) is 10.8. The highest BCUT2D eigenvalue weighted by Crippen LogP contribution is 2.40. The van der Waals surface area contributed by atoms with E-state index in [0.29, 0.717) is 0 Å². The maximum atomic E-state index is 11.3. The van der Waals surface area contributed by atoms with Gasteiger partial charge in [-0.1, -0.05) is 84.9 Å². The fourth-order valence-electron chi connectivity index (χ4n) is 5.05. The molecule has 0 spiro atoms. The van der Waals surface area contributed by atoms with Crippen molar-refractivity contribution in [3.8, 4) is 11.1 Å². The van der Waals surface area contributed by atoms with E-state index < -0.39 is 0 Å². The Labute approximate surface area is 233 Å². The average molecular weight is 522 g/mol. The molecule has 0 unspecified atom stereocenters. The van der Waals surface area contributed by atoms with E-state index in [1.165, 1.54) is 17.0 Å². The van der Waals surface area contributed by atoms with E-state index in [1.807, 2.05) is 36.2 Å². The first-order chi connectivity index (χ1) is 19.6. The second-order valence-electron chi connectivity index (χ2n) is 9.60. The first-order valence-corrected chi connectivity index (χ1v) is 13.1. The van der Waals surface area contributed by atoms with E-state index in [1.54, 1.807) is 12.1 Å². The summed E-state index contributed by atoms with van der Waals surface area (Å²) < 4.78 is 0. The smallest absolute Gasteiger partial charge is 0.271 e. The Bertz CT molecular complexity index is 1780. The lowest BCUT2D eigenvalue weighted by atomic mass is 10.0. The van der Waals surface area contributed by atoms with Crippen molar-refractivity contribution in [3.63, 3.8) is 0 Å². The van der Waals surface area contributed by atoms with E-state index >= 15 is 0 Å². The summed E-state index contributed by atoms with van der Waals surface area (Å²) in [6.07, 6.45) is 0. The van der Waals surface area contributed by atoms with Crippen LogP contribution < -0.4 is 9.80 Å². The summed E-state index contributed by atoms with van der Waals surface area (Å²) in [6.45, 7) is 0. The van der Waals surface area contributed by atoms with Crippen molar-refractivity contribution in [1.29, 1.82) is 0 Å². The van der Waals surface area contributed by atoms with Crippen LogP contribution >= 0.6 is 0 Å². The zero-order valence-electron chi connectivity index (χ0n) is 22.0. The van der Waals surface area contributed by atoms with Crippen LogP contribution in [0.3, 0.4) is 0 Å². The van der Waals surface area contributed by atoms with Crippen molar-refractivity contribution in [2.45, 2.75) is 0 Å². The third kappa shape index (κ3) is 4.88. The molecule has 5 nitrogen and oxygen atoms in total. The predicted molar refractivity (Wildman–Crippen MR) is 165 cm³/mol. The number of rotatable bonds is 7. The highest BCUT2D eigenvalue weighted by atomic mass is 16.6. The molecule has 6 aromatic rings. The number of nitrogens with zero attached hydrogens (tertiary/aromatic N) is 3. The molecule has 0 aliphatic carbocycles. The summed E-state index contributed by atoms with van der Waals surface area (Å²) in [6, 6.07) is 48.8. The second-order valence-corrected chi connectivity index (χ2v) is 9.60. The largest absolute Gasteiger partial charge is 0.344 e. The Balaban J connectivity index is 1.41. The van der Waals surface area contributed by atoms with Crippen LogP contribution in [0.15, 0.2) is 146 Å². The SMILES string of the molecule is CN(c1ccc(N(c2ccc(-c3ccccc3)cc2)c2cccc3ccccc23)cc1)c1cccc([N+](=O)[O-])c1. The minimum absolute atomic E-state index is 0.0713. The van der Waals surface area contributed by atoms with Crippen molar-refractivity contribution < 1.29 is 4.92 Å². The van der Waals surface area contributed by atoms with E-state index in [-0.39, 0.29) is 10.6 Å². The van der Waals surface area contributed by atoms with Gasteiger partial charge in [-0.25, -0.2) is 0 Å². The lowest BCUT2D eigenvalue weighted by Crippen LogP contribution is -2.12. The quantitative estimate of drug-likeness (QED) is 0.155. The molecule has 0 atom stereocenters. The van der Waals surface area contributed by atoms with Crippen molar-refractivity contribution in [1.82, 2.24) is 0 Å². The molecule has 0 fully saturated rings. The van der Waals surface area contributed by atoms with Crippen LogP contribution in [-0.2, 0) is 0 Å². The number of hydrogen-bond acceptors (Lipinski definition) is 4. The summed E-state index contributed by atoms with van der Waals surface area (Å²) >= 11 is 0. The lowest BCUT2D eigenvalue weighted by Gasteiger charge is -2.28. The van der Waals surface area contributed by atoms with E-state index in [0.717, 1.165) is 39.4 Å². The van der Waals surface area contributed by atoms with Gasteiger partial charge in [0, 0.05) is 47.3 Å². The van der Waals surface area contributed by atoms with Crippen LogP contribution in [0.4, 0.5) is 34.1 Å². The minimum atomic E-state index is -0.369. The monoisotopic (exact) mass is 521 g/mol. The lowest BCUT2D eigenvalue weighted by molar-refractivity contribution is -0.384. The van der Waals surface area contributed by atoms with Gasteiger partial charge < -0.3 is 9.80 Å². The van der Waals surface area contributed by atoms with Gasteiger partial charge >= 0.3 is 0 Å². The van der Waals surface area contributed by atoms with Gasteiger partial charge in [0.1, 0.15) is 0 Å². The molecule has 0 N–H and O–H groups in total. The molecule has 0 aliphatic rings. The Morgan fingerprint density at radius 1 is 0.550 bits per heavy atom. The number of nitro groups is 1. The van der Waals surface area contributed by atoms with Crippen LogP contribution in [0.5, 0.6) is 0 Å². The van der Waals surface area contributed by atoms with Gasteiger partial charge in [0.25, 0.3) is 5.69 Å². The van der Waals surface area contributed by atoms with Crippen LogP contribution in [0.1, 0.15) is 0 Å². The van der Waals surface area contributed by atoms with Gasteiger partial charge in [0.2, 0.25) is 0 Å². The molecule has 6 rings (SSSR count). The van der Waals surface area contributed by atoms with Gasteiger partial charge in [-0.15, -0.1) is 0 Å². The number of non-ortho nitro benzene ring substituents is 1. The fourth-order valence-corrected chi connectivity index (χ4v) is 5.05. The maximum Gasteiger partial charge on any atom is 0.271 e. The first kappa shape index (κ1) is 24.9. The van der Waals surface area contributed by atoms with Gasteiger partial charge in [-0.05, 0) is 65.0 Å². The first-order valence-electron chi connectivity index (χ1n) is 13.1. The number of anilines is 5. The van der Waals surface area contributed by atoms with Gasteiger partial charge in [0.15, 0.2) is 0 Å². The molecule has 5 heteroatoms. The molecule has 40 heavy (non-hydrogen) atoms. The van der Waals surface area contributed by atoms with Crippen molar-refractivity contribution >= 4 is 44.9 Å². The van der Waals surface area contributed by atoms with Crippen LogP contribution in [-0.4, -0.2) is 12.0 Å². The van der Waals surface area contributed by atoms with Crippen molar-refractivity contribution in [3.05, 3.63) is 156 Å². The molecule has 0 aliphatic heterocycles. The number of benzene rings is 6. The molecule has 0 amide bonds. The Morgan fingerprint density at radius 2 is 1.12 bits per heavy atom. The average Bonchev–Trinajstić information content (AvgIpc) is 3.02. The van der Waals surface area contributed by atoms with Gasteiger partial charge in [-0.2, -0.15) is 0 Å². The Kier molecular flexibility index (Phi) is 6.69. The standard InChI is InChI=1S/C35H27N3O2/c1-36(32-13-8-14-33(25-32)38(39)40)29-21-23-31(24-22-29)37(35-16-7-12-28-11-5-6-15-34(28)35)30-19-17-27(18-20-30)26-9-3-2-4-10-26/h2-25H,1H3. The molecular weight excluding hydrogens is 494 g/mol.